The molecule has 0 radical (unpaired) electrons. The van der Waals surface area contributed by atoms with Crippen LogP contribution < -0.4 is 16.4 Å². The summed E-state index contributed by atoms with van der Waals surface area (Å²) in [5.74, 6) is -1.14. The van der Waals surface area contributed by atoms with Gasteiger partial charge in [0.05, 0.1) is 13.2 Å². The number of carbonyl (C=O) groups excluding carboxylic acids is 2. The number of nitrogens with two attached hydrogens (primary N) is 1. The number of aromatic nitrogens is 1. The Kier molecular flexibility index (Phi) is 8.24. The van der Waals surface area contributed by atoms with Crippen LogP contribution in [0.3, 0.4) is 0 Å². The number of carbonyl (C=O) groups is 2. The molecule has 1 heterocycles. The number of thiazole rings is 1. The summed E-state index contributed by atoms with van der Waals surface area (Å²) in [6.45, 7) is 1.41. The molecule has 36 heavy (non-hydrogen) atoms. The second-order valence-electron chi connectivity index (χ2n) is 8.12. The molecule has 9 nitrogen and oxygen atoms in total. The van der Waals surface area contributed by atoms with Crippen LogP contribution in [0.25, 0.3) is 10.8 Å². The number of anilines is 3. The van der Waals surface area contributed by atoms with Gasteiger partial charge in [0, 0.05) is 30.9 Å². The zero-order valence-electron chi connectivity index (χ0n) is 19.5. The predicted molar refractivity (Wildman–Crippen MR) is 142 cm³/mol. The lowest BCUT2D eigenvalue weighted by Crippen LogP contribution is -2.29. The Morgan fingerprint density at radius 3 is 2.31 bits per heavy atom. The highest BCUT2D eigenvalue weighted by atomic mass is 32.1. The van der Waals surface area contributed by atoms with Crippen molar-refractivity contribution in [2.75, 3.05) is 36.9 Å². The van der Waals surface area contributed by atoms with Crippen molar-refractivity contribution in [3.8, 4) is 0 Å². The molecule has 0 saturated carbocycles. The average molecular weight is 506 g/mol. The molecule has 0 saturated heterocycles. The maximum Gasteiger partial charge on any atom is 0.270 e. The molecule has 0 atom stereocenters. The number of nitrogens with one attached hydrogen (secondary N) is 2. The first-order chi connectivity index (χ1) is 17.5. The van der Waals surface area contributed by atoms with Crippen LogP contribution in [0.2, 0.25) is 0 Å². The summed E-state index contributed by atoms with van der Waals surface area (Å²) in [4.78, 5) is 31.0. The first-order valence-electron chi connectivity index (χ1n) is 11.4. The van der Waals surface area contributed by atoms with Crippen LogP contribution in [0.5, 0.6) is 0 Å². The number of fused-ring (bicyclic) bond motifs is 1. The van der Waals surface area contributed by atoms with E-state index in [2.05, 4.69) is 15.6 Å². The average Bonchev–Trinajstić information content (AvgIpc) is 3.27. The van der Waals surface area contributed by atoms with E-state index in [-0.39, 0.29) is 23.9 Å². The van der Waals surface area contributed by atoms with Crippen molar-refractivity contribution in [1.29, 1.82) is 0 Å². The molecule has 0 aliphatic heterocycles. The van der Waals surface area contributed by atoms with Gasteiger partial charge in [0.1, 0.15) is 5.00 Å². The molecule has 0 aliphatic rings. The molecular formula is C26H27N5O4S. The third kappa shape index (κ3) is 6.23. The van der Waals surface area contributed by atoms with Crippen LogP contribution in [-0.4, -0.2) is 58.2 Å². The molecule has 186 valence electrons. The van der Waals surface area contributed by atoms with Crippen LogP contribution in [0, 0.1) is 0 Å². The van der Waals surface area contributed by atoms with E-state index in [1.165, 1.54) is 0 Å². The van der Waals surface area contributed by atoms with Gasteiger partial charge in [-0.3, -0.25) is 14.5 Å². The lowest BCUT2D eigenvalue weighted by molar-refractivity contribution is 0.0997. The van der Waals surface area contributed by atoms with Gasteiger partial charge >= 0.3 is 0 Å². The SMILES string of the molecule is NC(=O)c1nc(Nc2ccc3ccccc3c2)sc1NC(=O)c1ccc(CN(CCO)CCO)cc1. The highest BCUT2D eigenvalue weighted by molar-refractivity contribution is 7.20. The van der Waals surface area contributed by atoms with Gasteiger partial charge in [-0.2, -0.15) is 0 Å². The number of aliphatic hydroxyl groups excluding tert-OH is 2. The van der Waals surface area contributed by atoms with Crippen molar-refractivity contribution in [2.24, 2.45) is 5.73 Å². The van der Waals surface area contributed by atoms with Gasteiger partial charge in [-0.25, -0.2) is 4.98 Å². The summed E-state index contributed by atoms with van der Waals surface area (Å²) < 4.78 is 0. The monoisotopic (exact) mass is 505 g/mol. The molecule has 3 aromatic carbocycles. The van der Waals surface area contributed by atoms with E-state index in [4.69, 9.17) is 15.9 Å². The second kappa shape index (κ2) is 11.7. The largest absolute Gasteiger partial charge is 0.395 e. The first kappa shape index (κ1) is 25.3. The van der Waals surface area contributed by atoms with Gasteiger partial charge in [-0.05, 0) is 40.6 Å². The Labute approximate surface area is 212 Å². The molecule has 6 N–H and O–H groups in total. The quantitative estimate of drug-likeness (QED) is 0.211. The maximum atomic E-state index is 12.9. The normalized spacial score (nSPS) is 11.1. The summed E-state index contributed by atoms with van der Waals surface area (Å²) in [5, 5.41) is 27.1. The van der Waals surface area contributed by atoms with E-state index in [1.807, 2.05) is 59.5 Å². The summed E-state index contributed by atoms with van der Waals surface area (Å²) in [6.07, 6.45) is 0. The van der Waals surface area contributed by atoms with Crippen molar-refractivity contribution < 1.29 is 19.8 Å². The molecule has 0 fully saturated rings. The van der Waals surface area contributed by atoms with Gasteiger partial charge in [0.15, 0.2) is 10.8 Å². The minimum absolute atomic E-state index is 0.00472. The Bertz CT molecular complexity index is 1350. The fourth-order valence-electron chi connectivity index (χ4n) is 3.76. The molecular weight excluding hydrogens is 478 g/mol. The molecule has 4 aromatic rings. The van der Waals surface area contributed by atoms with E-state index < -0.39 is 11.8 Å². The van der Waals surface area contributed by atoms with Gasteiger partial charge in [-0.15, -0.1) is 0 Å². The van der Waals surface area contributed by atoms with Crippen LogP contribution in [-0.2, 0) is 6.54 Å². The highest BCUT2D eigenvalue weighted by Crippen LogP contribution is 2.32. The van der Waals surface area contributed by atoms with Gasteiger partial charge in [0.2, 0.25) is 0 Å². The first-order valence-corrected chi connectivity index (χ1v) is 12.2. The Morgan fingerprint density at radius 1 is 0.944 bits per heavy atom. The van der Waals surface area contributed by atoms with Crippen LogP contribution >= 0.6 is 11.3 Å². The molecule has 0 unspecified atom stereocenters. The number of nitrogens with zero attached hydrogens (tertiary/aromatic N) is 2. The van der Waals surface area contributed by atoms with Gasteiger partial charge in [-0.1, -0.05) is 53.8 Å². The number of hydrogen-bond donors (Lipinski definition) is 5. The number of rotatable bonds is 11. The minimum atomic E-state index is -0.740. The number of hydrogen-bond acceptors (Lipinski definition) is 8. The van der Waals surface area contributed by atoms with Gasteiger partial charge in [0.25, 0.3) is 11.8 Å². The topological polar surface area (TPSA) is 141 Å². The minimum Gasteiger partial charge on any atom is -0.395 e. The lowest BCUT2D eigenvalue weighted by atomic mass is 10.1. The summed E-state index contributed by atoms with van der Waals surface area (Å²) in [6, 6.07) is 20.8. The second-order valence-corrected chi connectivity index (χ2v) is 9.12. The highest BCUT2D eigenvalue weighted by Gasteiger charge is 2.19. The van der Waals surface area contributed by atoms with Crippen LogP contribution in [0.1, 0.15) is 26.4 Å². The van der Waals surface area contributed by atoms with Crippen molar-refractivity contribution in [2.45, 2.75) is 6.54 Å². The lowest BCUT2D eigenvalue weighted by Gasteiger charge is -2.20. The van der Waals surface area contributed by atoms with E-state index in [1.54, 1.807) is 12.1 Å². The smallest absolute Gasteiger partial charge is 0.270 e. The van der Waals surface area contributed by atoms with E-state index >= 15 is 0 Å². The van der Waals surface area contributed by atoms with E-state index in [9.17, 15) is 9.59 Å². The molecule has 4 rings (SSSR count). The van der Waals surface area contributed by atoms with E-state index in [0.717, 1.165) is 33.4 Å². The zero-order chi connectivity index (χ0) is 25.5. The fourth-order valence-corrected chi connectivity index (χ4v) is 4.65. The third-order valence-corrected chi connectivity index (χ3v) is 6.43. The van der Waals surface area contributed by atoms with Crippen molar-refractivity contribution in [3.63, 3.8) is 0 Å². The molecule has 10 heteroatoms. The number of amides is 2. The Morgan fingerprint density at radius 2 is 1.64 bits per heavy atom. The molecule has 2 amide bonds. The van der Waals surface area contributed by atoms with Crippen molar-refractivity contribution >= 4 is 49.7 Å². The predicted octanol–water partition coefficient (Wildman–Crippen LogP) is 3.18. The van der Waals surface area contributed by atoms with Crippen molar-refractivity contribution in [3.05, 3.63) is 83.6 Å². The van der Waals surface area contributed by atoms with Crippen molar-refractivity contribution in [1.82, 2.24) is 9.88 Å². The molecule has 0 bridgehead atoms. The fraction of sp³-hybridized carbons (Fsp3) is 0.192. The maximum absolute atomic E-state index is 12.9. The number of aliphatic hydroxyl groups is 2. The zero-order valence-corrected chi connectivity index (χ0v) is 20.3. The Balaban J connectivity index is 1.47. The third-order valence-electron chi connectivity index (χ3n) is 5.54. The number of benzene rings is 3. The standard InChI is InChI=1S/C26H27N5O4S/c27-23(34)22-25(36-26(29-22)28-21-10-9-18-3-1-2-4-20(18)15-21)30-24(35)19-7-5-17(6-8-19)16-31(11-13-32)12-14-33/h1-10,15,32-33H,11-14,16H2,(H2,27,34)(H,28,29)(H,30,35). The summed E-state index contributed by atoms with van der Waals surface area (Å²) >= 11 is 1.12. The summed E-state index contributed by atoms with van der Waals surface area (Å²) in [5.41, 5.74) is 7.63. The van der Waals surface area contributed by atoms with Crippen LogP contribution in [0.4, 0.5) is 15.8 Å². The van der Waals surface area contributed by atoms with Gasteiger partial charge < -0.3 is 26.6 Å². The van der Waals surface area contributed by atoms with Crippen LogP contribution in [0.15, 0.2) is 66.7 Å². The Hall–Kier alpha value is -3.83. The molecule has 0 aliphatic carbocycles. The number of primary amides is 1. The van der Waals surface area contributed by atoms with E-state index in [0.29, 0.717) is 30.3 Å². The molecule has 0 spiro atoms. The molecule has 1 aromatic heterocycles. The summed E-state index contributed by atoms with van der Waals surface area (Å²) in [7, 11) is 0.